The maximum absolute atomic E-state index is 11.9. The topological polar surface area (TPSA) is 51.5 Å². The van der Waals surface area contributed by atoms with Gasteiger partial charge in [0.25, 0.3) is 5.91 Å². The van der Waals surface area contributed by atoms with Crippen molar-refractivity contribution in [2.75, 3.05) is 6.54 Å². The number of hydrogen-bond donors (Lipinski definition) is 1. The fraction of sp³-hybridized carbons (Fsp3) is 0.389. The van der Waals surface area contributed by atoms with Crippen molar-refractivity contribution in [3.63, 3.8) is 0 Å². The Morgan fingerprint density at radius 3 is 2.50 bits per heavy atom. The number of carbonyl (C=O) groups excluding carboxylic acids is 1. The highest BCUT2D eigenvalue weighted by atomic mass is 16.5. The molecule has 4 nitrogen and oxygen atoms in total. The summed E-state index contributed by atoms with van der Waals surface area (Å²) in [7, 11) is 0. The third-order valence-corrected chi connectivity index (χ3v) is 3.32. The molecule has 22 heavy (non-hydrogen) atoms. The summed E-state index contributed by atoms with van der Waals surface area (Å²) in [5, 5.41) is 2.83. The lowest BCUT2D eigenvalue weighted by Gasteiger charge is -2.10. The Kier molecular flexibility index (Phi) is 5.26. The number of furan rings is 1. The third-order valence-electron chi connectivity index (χ3n) is 3.32. The normalized spacial score (nSPS) is 10.8. The highest BCUT2D eigenvalue weighted by Crippen LogP contribution is 2.23. The number of ether oxygens (including phenoxy) is 1. The van der Waals surface area contributed by atoms with E-state index in [1.54, 1.807) is 12.1 Å². The van der Waals surface area contributed by atoms with Crippen molar-refractivity contribution in [3.8, 4) is 5.75 Å². The van der Waals surface area contributed by atoms with E-state index < -0.39 is 0 Å². The maximum atomic E-state index is 11.9. The number of carbonyl (C=O) groups is 1. The van der Waals surface area contributed by atoms with Crippen molar-refractivity contribution in [2.45, 2.75) is 34.3 Å². The van der Waals surface area contributed by atoms with E-state index in [-0.39, 0.29) is 5.91 Å². The fourth-order valence-corrected chi connectivity index (χ4v) is 2.13. The molecular formula is C18H23NO3. The van der Waals surface area contributed by atoms with Crippen LogP contribution in [0.5, 0.6) is 5.75 Å². The SMILES string of the molecule is Cc1cccc(C)c1OCc1ccc(C(=O)NCC(C)C)o1. The molecule has 4 heteroatoms. The average molecular weight is 301 g/mol. The van der Waals surface area contributed by atoms with Gasteiger partial charge in [-0.3, -0.25) is 4.79 Å². The molecule has 0 unspecified atom stereocenters. The number of hydrogen-bond acceptors (Lipinski definition) is 3. The van der Waals surface area contributed by atoms with Gasteiger partial charge in [-0.1, -0.05) is 32.0 Å². The lowest BCUT2D eigenvalue weighted by molar-refractivity contribution is 0.0917. The van der Waals surface area contributed by atoms with E-state index in [0.717, 1.165) is 16.9 Å². The zero-order valence-electron chi connectivity index (χ0n) is 13.6. The molecule has 2 aromatic rings. The summed E-state index contributed by atoms with van der Waals surface area (Å²) in [6.07, 6.45) is 0. The quantitative estimate of drug-likeness (QED) is 0.881. The summed E-state index contributed by atoms with van der Waals surface area (Å²) < 4.78 is 11.4. The van der Waals surface area contributed by atoms with Gasteiger partial charge in [0.15, 0.2) is 5.76 Å². The molecular weight excluding hydrogens is 278 g/mol. The van der Waals surface area contributed by atoms with E-state index in [0.29, 0.717) is 30.6 Å². The zero-order valence-corrected chi connectivity index (χ0v) is 13.6. The fourth-order valence-electron chi connectivity index (χ4n) is 2.13. The van der Waals surface area contributed by atoms with Gasteiger partial charge < -0.3 is 14.5 Å². The molecule has 0 aliphatic rings. The monoisotopic (exact) mass is 301 g/mol. The van der Waals surface area contributed by atoms with Gasteiger partial charge in [0.05, 0.1) is 0 Å². The first-order valence-electron chi connectivity index (χ1n) is 7.53. The average Bonchev–Trinajstić information content (AvgIpc) is 2.93. The molecule has 1 aromatic heterocycles. The second-order valence-electron chi connectivity index (χ2n) is 5.88. The van der Waals surface area contributed by atoms with Crippen molar-refractivity contribution in [2.24, 2.45) is 5.92 Å². The molecule has 118 valence electrons. The number of rotatable bonds is 6. The molecule has 1 N–H and O–H groups in total. The molecule has 0 bridgehead atoms. The van der Waals surface area contributed by atoms with Crippen LogP contribution in [0.15, 0.2) is 34.7 Å². The van der Waals surface area contributed by atoms with E-state index in [9.17, 15) is 4.79 Å². The molecule has 1 aromatic carbocycles. The second-order valence-corrected chi connectivity index (χ2v) is 5.88. The molecule has 0 atom stereocenters. The summed E-state index contributed by atoms with van der Waals surface area (Å²) >= 11 is 0. The Balaban J connectivity index is 1.96. The number of para-hydroxylation sites is 1. The lowest BCUT2D eigenvalue weighted by atomic mass is 10.1. The standard InChI is InChI=1S/C18H23NO3/c1-12(2)10-19-18(20)16-9-8-15(22-16)11-21-17-13(3)6-5-7-14(17)4/h5-9,12H,10-11H2,1-4H3,(H,19,20). The lowest BCUT2D eigenvalue weighted by Crippen LogP contribution is -2.26. The van der Waals surface area contributed by atoms with Gasteiger partial charge in [-0.2, -0.15) is 0 Å². The van der Waals surface area contributed by atoms with Crippen molar-refractivity contribution >= 4 is 5.91 Å². The van der Waals surface area contributed by atoms with Gasteiger partial charge in [-0.05, 0) is 43.0 Å². The van der Waals surface area contributed by atoms with Gasteiger partial charge in [0.1, 0.15) is 18.1 Å². The third kappa shape index (κ3) is 4.13. The van der Waals surface area contributed by atoms with Crippen LogP contribution in [-0.2, 0) is 6.61 Å². The minimum Gasteiger partial charge on any atom is -0.485 e. The molecule has 0 saturated carbocycles. The van der Waals surface area contributed by atoms with Crippen LogP contribution in [0.1, 0.15) is 41.3 Å². The van der Waals surface area contributed by atoms with Crippen LogP contribution in [-0.4, -0.2) is 12.5 Å². The summed E-state index contributed by atoms with van der Waals surface area (Å²) in [6, 6.07) is 9.48. The second kappa shape index (κ2) is 7.16. The first-order chi connectivity index (χ1) is 10.5. The van der Waals surface area contributed by atoms with E-state index >= 15 is 0 Å². The van der Waals surface area contributed by atoms with Crippen molar-refractivity contribution < 1.29 is 13.9 Å². The summed E-state index contributed by atoms with van der Waals surface area (Å²) in [4.78, 5) is 11.9. The van der Waals surface area contributed by atoms with Gasteiger partial charge in [-0.15, -0.1) is 0 Å². The molecule has 0 spiro atoms. The van der Waals surface area contributed by atoms with E-state index in [2.05, 4.69) is 5.32 Å². The smallest absolute Gasteiger partial charge is 0.287 e. The van der Waals surface area contributed by atoms with Gasteiger partial charge in [0, 0.05) is 6.54 Å². The molecule has 1 heterocycles. The largest absolute Gasteiger partial charge is 0.485 e. The predicted octanol–water partition coefficient (Wildman–Crippen LogP) is 3.86. The summed E-state index contributed by atoms with van der Waals surface area (Å²) in [5.41, 5.74) is 2.17. The van der Waals surface area contributed by atoms with Gasteiger partial charge in [-0.25, -0.2) is 0 Å². The molecule has 0 saturated heterocycles. The molecule has 0 aliphatic carbocycles. The first kappa shape index (κ1) is 16.1. The Morgan fingerprint density at radius 1 is 1.18 bits per heavy atom. The Bertz CT molecular complexity index is 623. The van der Waals surface area contributed by atoms with Crippen LogP contribution in [0, 0.1) is 19.8 Å². The highest BCUT2D eigenvalue weighted by molar-refractivity contribution is 5.91. The Morgan fingerprint density at radius 2 is 1.86 bits per heavy atom. The van der Waals surface area contributed by atoms with Crippen LogP contribution in [0.25, 0.3) is 0 Å². The van der Waals surface area contributed by atoms with Crippen molar-refractivity contribution in [1.29, 1.82) is 0 Å². The van der Waals surface area contributed by atoms with E-state index in [4.69, 9.17) is 9.15 Å². The van der Waals surface area contributed by atoms with Crippen LogP contribution in [0.2, 0.25) is 0 Å². The Labute approximate surface area is 131 Å². The molecule has 2 rings (SSSR count). The molecule has 1 amide bonds. The molecule has 0 aliphatic heterocycles. The van der Waals surface area contributed by atoms with Crippen LogP contribution in [0.3, 0.4) is 0 Å². The summed E-state index contributed by atoms with van der Waals surface area (Å²) in [5.74, 6) is 2.04. The molecule has 0 radical (unpaired) electrons. The predicted molar refractivity (Wildman–Crippen MR) is 86.1 cm³/mol. The van der Waals surface area contributed by atoms with E-state index in [1.165, 1.54) is 0 Å². The maximum Gasteiger partial charge on any atom is 0.287 e. The summed E-state index contributed by atoms with van der Waals surface area (Å²) in [6.45, 7) is 9.06. The zero-order chi connectivity index (χ0) is 16.1. The first-order valence-corrected chi connectivity index (χ1v) is 7.53. The van der Waals surface area contributed by atoms with Gasteiger partial charge >= 0.3 is 0 Å². The van der Waals surface area contributed by atoms with Crippen molar-refractivity contribution in [3.05, 3.63) is 53.0 Å². The minimum absolute atomic E-state index is 0.188. The number of aryl methyl sites for hydroxylation is 2. The van der Waals surface area contributed by atoms with Crippen LogP contribution >= 0.6 is 0 Å². The number of benzene rings is 1. The van der Waals surface area contributed by atoms with Crippen molar-refractivity contribution in [1.82, 2.24) is 5.32 Å². The number of amides is 1. The van der Waals surface area contributed by atoms with Crippen LogP contribution < -0.4 is 10.1 Å². The van der Waals surface area contributed by atoms with Gasteiger partial charge in [0.2, 0.25) is 0 Å². The minimum atomic E-state index is -0.188. The highest BCUT2D eigenvalue weighted by Gasteiger charge is 2.12. The van der Waals surface area contributed by atoms with E-state index in [1.807, 2.05) is 45.9 Å². The Hall–Kier alpha value is -2.23. The number of nitrogens with one attached hydrogen (secondary N) is 1. The molecule has 0 fully saturated rings. The van der Waals surface area contributed by atoms with Crippen LogP contribution in [0.4, 0.5) is 0 Å².